The van der Waals surface area contributed by atoms with E-state index in [1.165, 1.54) is 6.26 Å². The summed E-state index contributed by atoms with van der Waals surface area (Å²) in [5.41, 5.74) is 3.27. The lowest BCUT2D eigenvalue weighted by Gasteiger charge is -2.39. The molecule has 0 spiro atoms. The molecule has 0 bridgehead atoms. The Morgan fingerprint density at radius 1 is 0.972 bits per heavy atom. The molecule has 0 N–H and O–H groups in total. The summed E-state index contributed by atoms with van der Waals surface area (Å²) in [6.07, 6.45) is 1.23. The van der Waals surface area contributed by atoms with Crippen molar-refractivity contribution in [3.05, 3.63) is 77.4 Å². The third-order valence-corrected chi connectivity index (χ3v) is 9.21. The minimum Gasteiger partial charge on any atom is -0.379 e. The second kappa shape index (κ2) is 9.76. The summed E-state index contributed by atoms with van der Waals surface area (Å²) in [7, 11) is -3.29. The largest absolute Gasteiger partial charge is 0.379 e. The van der Waals surface area contributed by atoms with Gasteiger partial charge in [-0.1, -0.05) is 35.9 Å². The van der Waals surface area contributed by atoms with Gasteiger partial charge < -0.3 is 4.74 Å². The predicted molar refractivity (Wildman–Crippen MR) is 146 cm³/mol. The van der Waals surface area contributed by atoms with Crippen molar-refractivity contribution in [3.63, 3.8) is 0 Å². The summed E-state index contributed by atoms with van der Waals surface area (Å²) in [6.45, 7) is 7.50. The average Bonchev–Trinajstić information content (AvgIpc) is 3.53. The summed E-state index contributed by atoms with van der Waals surface area (Å²) < 4.78 is 31.6. The number of rotatable bonds is 6. The average molecular weight is 542 g/mol. The zero-order valence-electron chi connectivity index (χ0n) is 20.4. The van der Waals surface area contributed by atoms with Gasteiger partial charge in [-0.15, -0.1) is 11.3 Å². The monoisotopic (exact) mass is 541 g/mol. The van der Waals surface area contributed by atoms with Crippen LogP contribution in [0.3, 0.4) is 0 Å². The van der Waals surface area contributed by atoms with E-state index in [0.29, 0.717) is 23.1 Å². The molecule has 5 rings (SSSR count). The van der Waals surface area contributed by atoms with Crippen LogP contribution in [0.4, 0.5) is 0 Å². The lowest BCUT2D eigenvalue weighted by atomic mass is 9.97. The van der Waals surface area contributed by atoms with Crippen LogP contribution in [0.1, 0.15) is 19.5 Å². The van der Waals surface area contributed by atoms with Crippen LogP contribution in [-0.4, -0.2) is 55.7 Å². The fraction of sp³-hybridized carbons (Fsp3) is 0.296. The highest BCUT2D eigenvalue weighted by Gasteiger charge is 2.33. The van der Waals surface area contributed by atoms with E-state index in [1.54, 1.807) is 29.5 Å². The number of hydrogen-bond acceptors (Lipinski definition) is 6. The molecule has 0 atom stereocenters. The van der Waals surface area contributed by atoms with Crippen LogP contribution in [0.25, 0.3) is 26.7 Å². The first-order valence-electron chi connectivity index (χ1n) is 11.7. The number of para-hydroxylation sites is 1. The lowest BCUT2D eigenvalue weighted by Crippen LogP contribution is -2.48. The first kappa shape index (κ1) is 25.2. The van der Waals surface area contributed by atoms with Crippen LogP contribution < -0.4 is 0 Å². The van der Waals surface area contributed by atoms with Gasteiger partial charge in [-0.2, -0.15) is 5.10 Å². The normalized spacial score (nSPS) is 15.3. The van der Waals surface area contributed by atoms with Gasteiger partial charge in [0.15, 0.2) is 9.84 Å². The molecule has 188 valence electrons. The van der Waals surface area contributed by atoms with E-state index < -0.39 is 9.84 Å². The van der Waals surface area contributed by atoms with Gasteiger partial charge in [-0.3, -0.25) is 4.90 Å². The molecular weight excluding hydrogens is 514 g/mol. The Bertz CT molecular complexity index is 1500. The fourth-order valence-corrected chi connectivity index (χ4v) is 6.34. The van der Waals surface area contributed by atoms with E-state index in [9.17, 15) is 8.42 Å². The minimum absolute atomic E-state index is 0.297. The number of halogens is 1. The lowest BCUT2D eigenvalue weighted by molar-refractivity contribution is -0.0133. The molecule has 6 nitrogen and oxygen atoms in total. The zero-order chi connectivity index (χ0) is 25.5. The van der Waals surface area contributed by atoms with E-state index in [2.05, 4.69) is 30.9 Å². The SMILES string of the molecule is CC(C)(c1cc(-c2ccc(-c3cccc(S(C)(=O)=O)c3)s2)n(-c2ccccc2Cl)n1)N1CCOCC1. The highest BCUT2D eigenvalue weighted by Crippen LogP contribution is 2.39. The molecule has 0 aliphatic carbocycles. The first-order chi connectivity index (χ1) is 17.1. The summed E-state index contributed by atoms with van der Waals surface area (Å²) in [6, 6.07) is 21.0. The van der Waals surface area contributed by atoms with E-state index >= 15 is 0 Å². The van der Waals surface area contributed by atoms with Crippen LogP contribution in [0.2, 0.25) is 5.02 Å². The number of sulfone groups is 1. The quantitative estimate of drug-likeness (QED) is 0.304. The second-order valence-electron chi connectivity index (χ2n) is 9.40. The Morgan fingerprint density at radius 2 is 1.69 bits per heavy atom. The maximum absolute atomic E-state index is 12.1. The molecule has 1 saturated heterocycles. The van der Waals surface area contributed by atoms with Crippen LogP contribution >= 0.6 is 22.9 Å². The Hall–Kier alpha value is -2.49. The molecule has 36 heavy (non-hydrogen) atoms. The molecule has 1 fully saturated rings. The van der Waals surface area contributed by atoms with Crippen molar-refractivity contribution in [1.82, 2.24) is 14.7 Å². The van der Waals surface area contributed by atoms with Gasteiger partial charge in [0, 0.05) is 24.2 Å². The van der Waals surface area contributed by atoms with Gasteiger partial charge in [0.05, 0.1) is 50.6 Å². The van der Waals surface area contributed by atoms with Crippen molar-refractivity contribution in [2.24, 2.45) is 0 Å². The molecular formula is C27H28ClN3O3S2. The molecule has 9 heteroatoms. The molecule has 1 aliphatic rings. The Kier molecular flexibility index (Phi) is 6.82. The standard InChI is InChI=1S/C27H28ClN3O3S2/c1-27(2,30-13-15-34-16-14-30)26-18-23(31(29-26)22-10-5-4-9-21(22)28)25-12-11-24(35-25)19-7-6-8-20(17-19)36(3,32)33/h4-12,17-18H,13-16H2,1-3H3. The van der Waals surface area contributed by atoms with Gasteiger partial charge in [0.25, 0.3) is 0 Å². The molecule has 1 aliphatic heterocycles. The van der Waals surface area contributed by atoms with E-state index in [-0.39, 0.29) is 5.54 Å². The molecule has 0 saturated carbocycles. The molecule has 2 aromatic carbocycles. The molecule has 4 aromatic rings. The number of aromatic nitrogens is 2. The van der Waals surface area contributed by atoms with Gasteiger partial charge in [-0.05, 0) is 61.9 Å². The maximum Gasteiger partial charge on any atom is 0.175 e. The minimum atomic E-state index is -3.29. The van der Waals surface area contributed by atoms with Crippen LogP contribution in [-0.2, 0) is 20.1 Å². The summed E-state index contributed by atoms with van der Waals surface area (Å²) in [5, 5.41) is 5.69. The highest BCUT2D eigenvalue weighted by molar-refractivity contribution is 7.90. The number of ether oxygens (including phenoxy) is 1. The number of hydrogen-bond donors (Lipinski definition) is 0. The van der Waals surface area contributed by atoms with Crippen molar-refractivity contribution in [3.8, 4) is 26.7 Å². The first-order valence-corrected chi connectivity index (χ1v) is 14.8. The van der Waals surface area contributed by atoms with Gasteiger partial charge >= 0.3 is 0 Å². The number of benzene rings is 2. The van der Waals surface area contributed by atoms with E-state index in [4.69, 9.17) is 21.4 Å². The third kappa shape index (κ3) is 4.88. The summed E-state index contributed by atoms with van der Waals surface area (Å²) in [4.78, 5) is 4.71. The van der Waals surface area contributed by atoms with Gasteiger partial charge in [0.2, 0.25) is 0 Å². The number of morpholine rings is 1. The summed E-state index contributed by atoms with van der Waals surface area (Å²) in [5.74, 6) is 0. The topological polar surface area (TPSA) is 64.4 Å². The highest BCUT2D eigenvalue weighted by atomic mass is 35.5. The van der Waals surface area contributed by atoms with Gasteiger partial charge in [0.1, 0.15) is 0 Å². The van der Waals surface area contributed by atoms with Crippen LogP contribution in [0, 0.1) is 0 Å². The Balaban J connectivity index is 1.60. The predicted octanol–water partition coefficient (Wildman–Crippen LogP) is 5.89. The molecule has 0 radical (unpaired) electrons. The second-order valence-corrected chi connectivity index (χ2v) is 12.9. The maximum atomic E-state index is 12.1. The van der Waals surface area contributed by atoms with Gasteiger partial charge in [-0.25, -0.2) is 13.1 Å². The smallest absolute Gasteiger partial charge is 0.175 e. The number of nitrogens with zero attached hydrogens (tertiary/aromatic N) is 3. The van der Waals surface area contributed by atoms with E-state index in [1.807, 2.05) is 41.1 Å². The van der Waals surface area contributed by atoms with Crippen molar-refractivity contribution >= 4 is 32.8 Å². The fourth-order valence-electron chi connectivity index (χ4n) is 4.46. The van der Waals surface area contributed by atoms with E-state index in [0.717, 1.165) is 45.5 Å². The molecule has 0 amide bonds. The van der Waals surface area contributed by atoms with Crippen molar-refractivity contribution < 1.29 is 13.2 Å². The number of thiophene rings is 1. The van der Waals surface area contributed by atoms with Crippen molar-refractivity contribution in [1.29, 1.82) is 0 Å². The third-order valence-electron chi connectivity index (χ3n) is 6.62. The van der Waals surface area contributed by atoms with Crippen LogP contribution in [0.15, 0.2) is 71.6 Å². The zero-order valence-corrected chi connectivity index (χ0v) is 22.8. The van der Waals surface area contributed by atoms with Crippen LogP contribution in [0.5, 0.6) is 0 Å². The Labute approximate surface area is 221 Å². The Morgan fingerprint density at radius 3 is 2.42 bits per heavy atom. The summed E-state index contributed by atoms with van der Waals surface area (Å²) >= 11 is 8.21. The molecule has 0 unspecified atom stereocenters. The van der Waals surface area contributed by atoms with Crippen molar-refractivity contribution in [2.45, 2.75) is 24.3 Å². The molecule has 3 heterocycles. The van der Waals surface area contributed by atoms with Crippen molar-refractivity contribution in [2.75, 3.05) is 32.6 Å². The molecule has 2 aromatic heterocycles.